The summed E-state index contributed by atoms with van der Waals surface area (Å²) in [5.74, 6) is 0.0778. The Bertz CT molecular complexity index is 469. The molecule has 0 spiro atoms. The Kier molecular flexibility index (Phi) is 4.99. The number of rotatable bonds is 5. The van der Waals surface area contributed by atoms with E-state index in [1.165, 1.54) is 31.2 Å². The highest BCUT2D eigenvalue weighted by Crippen LogP contribution is 2.40. The largest absolute Gasteiger partial charge is 0.351 e. The van der Waals surface area contributed by atoms with Gasteiger partial charge in [-0.1, -0.05) is 56.2 Å². The first-order valence-electron chi connectivity index (χ1n) is 7.68. The standard InChI is InChI=1S/C18H25NO/c1-3-9-15(2)17(20)19-14-18(12-7-8-13-18)16-10-5-4-6-11-16/h4-6,9-11H,3,7-8,12-14H2,1-2H3,(H,19,20)/b15-9+. The van der Waals surface area contributed by atoms with E-state index in [1.807, 2.05) is 13.0 Å². The van der Waals surface area contributed by atoms with Crippen LogP contribution >= 0.6 is 0 Å². The Labute approximate surface area is 122 Å². The van der Waals surface area contributed by atoms with Gasteiger partial charge in [0.15, 0.2) is 0 Å². The van der Waals surface area contributed by atoms with E-state index in [1.54, 1.807) is 0 Å². The van der Waals surface area contributed by atoms with E-state index in [0.29, 0.717) is 0 Å². The molecule has 1 saturated carbocycles. The maximum absolute atomic E-state index is 12.1. The molecule has 1 N–H and O–H groups in total. The van der Waals surface area contributed by atoms with Gasteiger partial charge < -0.3 is 5.32 Å². The second-order valence-corrected chi connectivity index (χ2v) is 5.83. The molecule has 0 radical (unpaired) electrons. The average molecular weight is 271 g/mol. The molecule has 0 bridgehead atoms. The molecule has 0 heterocycles. The number of benzene rings is 1. The number of allylic oxidation sites excluding steroid dienone is 1. The fraction of sp³-hybridized carbons (Fsp3) is 0.500. The number of nitrogens with one attached hydrogen (secondary N) is 1. The van der Waals surface area contributed by atoms with Gasteiger partial charge in [0.1, 0.15) is 0 Å². The Hall–Kier alpha value is -1.57. The molecule has 2 rings (SSSR count). The maximum atomic E-state index is 12.1. The summed E-state index contributed by atoms with van der Waals surface area (Å²) in [5.41, 5.74) is 2.34. The lowest BCUT2D eigenvalue weighted by Crippen LogP contribution is -2.39. The molecule has 1 aliphatic carbocycles. The fourth-order valence-electron chi connectivity index (χ4n) is 3.20. The highest BCUT2D eigenvalue weighted by atomic mass is 16.1. The third-order valence-corrected chi connectivity index (χ3v) is 4.40. The van der Waals surface area contributed by atoms with Crippen LogP contribution in [0.4, 0.5) is 0 Å². The zero-order valence-corrected chi connectivity index (χ0v) is 12.6. The first kappa shape index (κ1) is 14.8. The van der Waals surface area contributed by atoms with Crippen LogP contribution in [0.1, 0.15) is 51.5 Å². The molecular formula is C18H25NO. The van der Waals surface area contributed by atoms with Crippen molar-refractivity contribution in [1.29, 1.82) is 0 Å². The van der Waals surface area contributed by atoms with Crippen molar-refractivity contribution < 1.29 is 4.79 Å². The van der Waals surface area contributed by atoms with Crippen LogP contribution in [-0.4, -0.2) is 12.5 Å². The van der Waals surface area contributed by atoms with Crippen LogP contribution in [0, 0.1) is 0 Å². The van der Waals surface area contributed by atoms with Gasteiger partial charge in [-0.2, -0.15) is 0 Å². The SMILES string of the molecule is CC/C=C(\C)C(=O)NCC1(c2ccccc2)CCCC1. The molecule has 108 valence electrons. The van der Waals surface area contributed by atoms with Gasteiger partial charge in [0, 0.05) is 17.5 Å². The van der Waals surface area contributed by atoms with Gasteiger partial charge in [-0.25, -0.2) is 0 Å². The minimum atomic E-state index is 0.0778. The highest BCUT2D eigenvalue weighted by Gasteiger charge is 2.35. The Morgan fingerprint density at radius 3 is 2.50 bits per heavy atom. The van der Waals surface area contributed by atoms with Gasteiger partial charge in [0.05, 0.1) is 0 Å². The molecule has 0 unspecified atom stereocenters. The molecular weight excluding hydrogens is 246 g/mol. The zero-order valence-electron chi connectivity index (χ0n) is 12.6. The Morgan fingerprint density at radius 2 is 1.90 bits per heavy atom. The summed E-state index contributed by atoms with van der Waals surface area (Å²) in [5, 5.41) is 3.14. The summed E-state index contributed by atoms with van der Waals surface area (Å²) in [7, 11) is 0. The van der Waals surface area contributed by atoms with Crippen molar-refractivity contribution in [3.05, 3.63) is 47.5 Å². The monoisotopic (exact) mass is 271 g/mol. The van der Waals surface area contributed by atoms with E-state index in [-0.39, 0.29) is 11.3 Å². The first-order valence-corrected chi connectivity index (χ1v) is 7.68. The van der Waals surface area contributed by atoms with Crippen molar-refractivity contribution in [3.63, 3.8) is 0 Å². The summed E-state index contributed by atoms with van der Waals surface area (Å²) in [6.45, 7) is 4.70. The van der Waals surface area contributed by atoms with Crippen molar-refractivity contribution in [2.75, 3.05) is 6.54 Å². The maximum Gasteiger partial charge on any atom is 0.246 e. The number of carbonyl (C=O) groups is 1. The number of amides is 1. The van der Waals surface area contributed by atoms with Gasteiger partial charge in [-0.15, -0.1) is 0 Å². The second kappa shape index (κ2) is 6.74. The number of hydrogen-bond acceptors (Lipinski definition) is 1. The molecule has 0 saturated heterocycles. The Balaban J connectivity index is 2.08. The highest BCUT2D eigenvalue weighted by molar-refractivity contribution is 5.92. The van der Waals surface area contributed by atoms with Gasteiger partial charge >= 0.3 is 0 Å². The van der Waals surface area contributed by atoms with Crippen LogP contribution < -0.4 is 5.32 Å². The average Bonchev–Trinajstić information content (AvgIpc) is 2.96. The first-order chi connectivity index (χ1) is 9.68. The van der Waals surface area contributed by atoms with Crippen molar-refractivity contribution in [2.45, 2.75) is 51.4 Å². The van der Waals surface area contributed by atoms with Crippen molar-refractivity contribution in [1.82, 2.24) is 5.32 Å². The summed E-state index contributed by atoms with van der Waals surface area (Å²) >= 11 is 0. The second-order valence-electron chi connectivity index (χ2n) is 5.83. The lowest BCUT2D eigenvalue weighted by Gasteiger charge is -2.30. The minimum Gasteiger partial charge on any atom is -0.351 e. The number of hydrogen-bond donors (Lipinski definition) is 1. The van der Waals surface area contributed by atoms with Gasteiger partial charge in [0.25, 0.3) is 0 Å². The van der Waals surface area contributed by atoms with Crippen molar-refractivity contribution in [2.24, 2.45) is 0 Å². The molecule has 1 fully saturated rings. The van der Waals surface area contributed by atoms with Crippen molar-refractivity contribution >= 4 is 5.91 Å². The summed E-state index contributed by atoms with van der Waals surface area (Å²) in [6, 6.07) is 10.6. The molecule has 2 heteroatoms. The lowest BCUT2D eigenvalue weighted by atomic mass is 9.79. The third kappa shape index (κ3) is 3.30. The predicted octanol–water partition coefficient (Wildman–Crippen LogP) is 3.97. The molecule has 0 atom stereocenters. The van der Waals surface area contributed by atoms with E-state index in [2.05, 4.69) is 42.6 Å². The van der Waals surface area contributed by atoms with Crippen LogP contribution in [0.2, 0.25) is 0 Å². The topological polar surface area (TPSA) is 29.1 Å². The van der Waals surface area contributed by atoms with E-state index in [0.717, 1.165) is 18.5 Å². The summed E-state index contributed by atoms with van der Waals surface area (Å²) in [4.78, 5) is 12.1. The number of carbonyl (C=O) groups excluding carboxylic acids is 1. The van der Waals surface area contributed by atoms with E-state index in [9.17, 15) is 4.79 Å². The quantitative estimate of drug-likeness (QED) is 0.807. The van der Waals surface area contributed by atoms with Crippen LogP contribution in [0.25, 0.3) is 0 Å². The molecule has 0 aliphatic heterocycles. The van der Waals surface area contributed by atoms with Gasteiger partial charge in [-0.3, -0.25) is 4.79 Å². The molecule has 0 aromatic heterocycles. The molecule has 1 aliphatic rings. The van der Waals surface area contributed by atoms with Crippen LogP contribution in [0.3, 0.4) is 0 Å². The third-order valence-electron chi connectivity index (χ3n) is 4.40. The molecule has 20 heavy (non-hydrogen) atoms. The van der Waals surface area contributed by atoms with Gasteiger partial charge in [0.2, 0.25) is 5.91 Å². The predicted molar refractivity (Wildman–Crippen MR) is 83.6 cm³/mol. The minimum absolute atomic E-state index is 0.0778. The molecule has 2 nitrogen and oxygen atoms in total. The smallest absolute Gasteiger partial charge is 0.246 e. The van der Waals surface area contributed by atoms with Crippen molar-refractivity contribution in [3.8, 4) is 0 Å². The molecule has 1 amide bonds. The van der Waals surface area contributed by atoms with Crippen LogP contribution in [0.5, 0.6) is 0 Å². The lowest BCUT2D eigenvalue weighted by molar-refractivity contribution is -0.117. The summed E-state index contributed by atoms with van der Waals surface area (Å²) < 4.78 is 0. The normalized spacial score (nSPS) is 18.0. The van der Waals surface area contributed by atoms with Crippen LogP contribution in [0.15, 0.2) is 42.0 Å². The zero-order chi connectivity index (χ0) is 14.4. The Morgan fingerprint density at radius 1 is 1.25 bits per heavy atom. The van der Waals surface area contributed by atoms with E-state index in [4.69, 9.17) is 0 Å². The van der Waals surface area contributed by atoms with Gasteiger partial charge in [-0.05, 0) is 31.7 Å². The molecule has 1 aromatic carbocycles. The van der Waals surface area contributed by atoms with Crippen LogP contribution in [-0.2, 0) is 10.2 Å². The fourth-order valence-corrected chi connectivity index (χ4v) is 3.20. The van der Waals surface area contributed by atoms with E-state index < -0.39 is 0 Å². The molecule has 1 aromatic rings. The summed E-state index contributed by atoms with van der Waals surface area (Å²) in [6.07, 6.45) is 7.76. The van der Waals surface area contributed by atoms with E-state index >= 15 is 0 Å².